The van der Waals surface area contributed by atoms with Crippen LogP contribution in [0, 0.1) is 0 Å². The molecule has 2 rings (SSSR count). The predicted molar refractivity (Wildman–Crippen MR) is 76.0 cm³/mol. The Labute approximate surface area is 114 Å². The Morgan fingerprint density at radius 2 is 2.11 bits per heavy atom. The summed E-state index contributed by atoms with van der Waals surface area (Å²) in [5.74, 6) is 0. The van der Waals surface area contributed by atoms with Crippen molar-refractivity contribution < 1.29 is 9.53 Å². The van der Waals surface area contributed by atoms with Gasteiger partial charge in [-0.3, -0.25) is 0 Å². The second-order valence-corrected chi connectivity index (χ2v) is 6.11. The fraction of sp³-hybridized carbons (Fsp3) is 0.533. The monoisotopic (exact) mass is 262 g/mol. The summed E-state index contributed by atoms with van der Waals surface area (Å²) >= 11 is 0. The molecular weight excluding hydrogens is 240 g/mol. The summed E-state index contributed by atoms with van der Waals surface area (Å²) in [5, 5.41) is 2.93. The number of carbonyl (C=O) groups excluding carboxylic acids is 1. The maximum atomic E-state index is 11.7. The lowest BCUT2D eigenvalue weighted by Gasteiger charge is -2.27. The van der Waals surface area contributed by atoms with Gasteiger partial charge in [-0.25, -0.2) is 4.79 Å². The minimum atomic E-state index is -0.457. The van der Waals surface area contributed by atoms with E-state index in [1.165, 1.54) is 11.1 Å². The van der Waals surface area contributed by atoms with Crippen molar-refractivity contribution in [2.75, 3.05) is 5.73 Å². The molecular formula is C15H22N2O2. The van der Waals surface area contributed by atoms with Gasteiger partial charge < -0.3 is 15.8 Å². The Kier molecular flexibility index (Phi) is 3.69. The maximum Gasteiger partial charge on any atom is 0.407 e. The summed E-state index contributed by atoms with van der Waals surface area (Å²) in [7, 11) is 0. The number of ether oxygens (including phenoxy) is 1. The molecule has 104 valence electrons. The third kappa shape index (κ3) is 3.88. The zero-order valence-electron chi connectivity index (χ0n) is 11.8. The van der Waals surface area contributed by atoms with E-state index in [0.717, 1.165) is 24.9 Å². The Balaban J connectivity index is 1.96. The number of hydrogen-bond donors (Lipinski definition) is 2. The largest absolute Gasteiger partial charge is 0.444 e. The van der Waals surface area contributed by atoms with E-state index in [9.17, 15) is 4.79 Å². The van der Waals surface area contributed by atoms with Crippen molar-refractivity contribution in [1.29, 1.82) is 0 Å². The fourth-order valence-electron chi connectivity index (χ4n) is 2.37. The lowest BCUT2D eigenvalue weighted by atomic mass is 9.88. The van der Waals surface area contributed by atoms with Gasteiger partial charge in [0.15, 0.2) is 0 Å². The Morgan fingerprint density at radius 3 is 2.79 bits per heavy atom. The molecule has 4 heteroatoms. The molecule has 0 saturated carbocycles. The molecule has 0 saturated heterocycles. The number of benzene rings is 1. The lowest BCUT2D eigenvalue weighted by Crippen LogP contribution is -2.41. The minimum Gasteiger partial charge on any atom is -0.444 e. The van der Waals surface area contributed by atoms with E-state index in [0.29, 0.717) is 0 Å². The minimum absolute atomic E-state index is 0.129. The first-order valence-electron chi connectivity index (χ1n) is 6.70. The van der Waals surface area contributed by atoms with Crippen LogP contribution in [0.3, 0.4) is 0 Å². The predicted octanol–water partition coefficient (Wildman–Crippen LogP) is 2.65. The molecule has 1 aliphatic rings. The average Bonchev–Trinajstić information content (AvgIpc) is 2.25. The standard InChI is InChI=1S/C15H22N2O2/c1-15(2,3)19-14(18)17-13-7-5-10-4-6-12(16)8-11(10)9-13/h4,6,8,13H,5,7,9,16H2,1-3H3,(H,17,18)/t13-/m0/s1. The van der Waals surface area contributed by atoms with E-state index in [4.69, 9.17) is 10.5 Å². The first kappa shape index (κ1) is 13.7. The van der Waals surface area contributed by atoms with Crippen molar-refractivity contribution >= 4 is 11.8 Å². The van der Waals surface area contributed by atoms with Gasteiger partial charge in [-0.1, -0.05) is 6.07 Å². The smallest absolute Gasteiger partial charge is 0.407 e. The van der Waals surface area contributed by atoms with Crippen molar-refractivity contribution in [1.82, 2.24) is 5.32 Å². The third-order valence-electron chi connectivity index (χ3n) is 3.18. The van der Waals surface area contributed by atoms with Crippen LogP contribution in [0.5, 0.6) is 0 Å². The first-order chi connectivity index (χ1) is 8.83. The zero-order valence-corrected chi connectivity index (χ0v) is 11.8. The lowest BCUT2D eigenvalue weighted by molar-refractivity contribution is 0.0500. The summed E-state index contributed by atoms with van der Waals surface area (Å²) in [6, 6.07) is 6.14. The summed E-state index contributed by atoms with van der Waals surface area (Å²) in [6.07, 6.45) is 2.39. The van der Waals surface area contributed by atoms with Gasteiger partial charge in [0.1, 0.15) is 5.60 Å². The van der Waals surface area contributed by atoms with Gasteiger partial charge >= 0.3 is 6.09 Å². The van der Waals surface area contributed by atoms with Gasteiger partial charge in [0.2, 0.25) is 0 Å². The fourth-order valence-corrected chi connectivity index (χ4v) is 2.37. The highest BCUT2D eigenvalue weighted by atomic mass is 16.6. The number of carbonyl (C=O) groups is 1. The molecule has 4 nitrogen and oxygen atoms in total. The molecule has 0 spiro atoms. The van der Waals surface area contributed by atoms with Crippen molar-refractivity contribution in [2.45, 2.75) is 51.7 Å². The topological polar surface area (TPSA) is 64.3 Å². The summed E-state index contributed by atoms with van der Waals surface area (Å²) in [5.41, 5.74) is 8.68. The van der Waals surface area contributed by atoms with Crippen LogP contribution in [0.25, 0.3) is 0 Å². The zero-order chi connectivity index (χ0) is 14.0. The number of fused-ring (bicyclic) bond motifs is 1. The molecule has 19 heavy (non-hydrogen) atoms. The highest BCUT2D eigenvalue weighted by Gasteiger charge is 2.23. The van der Waals surface area contributed by atoms with Crippen molar-refractivity contribution in [2.24, 2.45) is 0 Å². The van der Waals surface area contributed by atoms with E-state index >= 15 is 0 Å². The van der Waals surface area contributed by atoms with Crippen LogP contribution in [0.4, 0.5) is 10.5 Å². The molecule has 0 aromatic heterocycles. The van der Waals surface area contributed by atoms with Crippen molar-refractivity contribution in [3.8, 4) is 0 Å². The van der Waals surface area contributed by atoms with Crippen LogP contribution in [0.2, 0.25) is 0 Å². The van der Waals surface area contributed by atoms with E-state index in [1.54, 1.807) is 0 Å². The van der Waals surface area contributed by atoms with Gasteiger partial charge in [0, 0.05) is 11.7 Å². The van der Waals surface area contributed by atoms with E-state index in [-0.39, 0.29) is 12.1 Å². The Bertz CT molecular complexity index is 478. The molecule has 1 atom stereocenters. The Hall–Kier alpha value is -1.71. The van der Waals surface area contributed by atoms with E-state index < -0.39 is 5.60 Å². The highest BCUT2D eigenvalue weighted by Crippen LogP contribution is 2.23. The summed E-state index contributed by atoms with van der Waals surface area (Å²) < 4.78 is 5.28. The molecule has 3 N–H and O–H groups in total. The Morgan fingerprint density at radius 1 is 1.37 bits per heavy atom. The van der Waals surface area contributed by atoms with Crippen LogP contribution < -0.4 is 11.1 Å². The number of rotatable bonds is 1. The number of aryl methyl sites for hydroxylation is 1. The van der Waals surface area contributed by atoms with Crippen molar-refractivity contribution in [3.63, 3.8) is 0 Å². The molecule has 0 radical (unpaired) electrons. The number of anilines is 1. The second kappa shape index (κ2) is 5.11. The van der Waals surface area contributed by atoms with Crippen molar-refractivity contribution in [3.05, 3.63) is 29.3 Å². The molecule has 0 bridgehead atoms. The highest BCUT2D eigenvalue weighted by molar-refractivity contribution is 5.68. The van der Waals surface area contributed by atoms with Gasteiger partial charge in [-0.15, -0.1) is 0 Å². The van der Waals surface area contributed by atoms with E-state index in [2.05, 4.69) is 11.4 Å². The second-order valence-electron chi connectivity index (χ2n) is 6.11. The number of hydrogen-bond acceptors (Lipinski definition) is 3. The van der Waals surface area contributed by atoms with Crippen LogP contribution in [0.1, 0.15) is 38.3 Å². The molecule has 1 aromatic rings. The quantitative estimate of drug-likeness (QED) is 0.765. The average molecular weight is 262 g/mol. The SMILES string of the molecule is CC(C)(C)OC(=O)N[C@H]1CCc2ccc(N)cc2C1. The van der Waals surface area contributed by atoms with Crippen LogP contribution >= 0.6 is 0 Å². The summed E-state index contributed by atoms with van der Waals surface area (Å²) in [6.45, 7) is 5.59. The number of nitrogens with two attached hydrogens (primary N) is 1. The molecule has 1 amide bonds. The molecule has 0 heterocycles. The van der Waals surface area contributed by atoms with Gasteiger partial charge in [-0.05, 0) is 63.3 Å². The number of alkyl carbamates (subject to hydrolysis) is 1. The molecule has 0 unspecified atom stereocenters. The maximum absolute atomic E-state index is 11.7. The number of nitrogen functional groups attached to an aromatic ring is 1. The number of nitrogens with one attached hydrogen (secondary N) is 1. The first-order valence-corrected chi connectivity index (χ1v) is 6.70. The van der Waals surface area contributed by atoms with Gasteiger partial charge in [0.05, 0.1) is 0 Å². The third-order valence-corrected chi connectivity index (χ3v) is 3.18. The normalized spacial score (nSPS) is 18.6. The van der Waals surface area contributed by atoms with Gasteiger partial charge in [-0.2, -0.15) is 0 Å². The van der Waals surface area contributed by atoms with E-state index in [1.807, 2.05) is 32.9 Å². The van der Waals surface area contributed by atoms with Gasteiger partial charge in [0.25, 0.3) is 0 Å². The van der Waals surface area contributed by atoms with Crippen LogP contribution in [-0.4, -0.2) is 17.7 Å². The molecule has 0 aliphatic heterocycles. The molecule has 1 aliphatic carbocycles. The molecule has 1 aromatic carbocycles. The molecule has 0 fully saturated rings. The van der Waals surface area contributed by atoms with Crippen LogP contribution in [-0.2, 0) is 17.6 Å². The summed E-state index contributed by atoms with van der Waals surface area (Å²) in [4.78, 5) is 11.7. The number of amides is 1. The van der Waals surface area contributed by atoms with Crippen LogP contribution in [0.15, 0.2) is 18.2 Å².